The number of amides is 1. The number of halogens is 1. The van der Waals surface area contributed by atoms with Crippen LogP contribution in [0.4, 0.5) is 27.5 Å². The lowest BCUT2D eigenvalue weighted by atomic mass is 10.1. The predicted octanol–water partition coefficient (Wildman–Crippen LogP) is 3.97. The molecule has 214 valence electrons. The van der Waals surface area contributed by atoms with Gasteiger partial charge in [0.15, 0.2) is 0 Å². The van der Waals surface area contributed by atoms with E-state index >= 15 is 0 Å². The molecule has 1 amide bonds. The van der Waals surface area contributed by atoms with Crippen LogP contribution in [0.2, 0.25) is 0 Å². The molecule has 0 radical (unpaired) electrons. The molecule has 0 spiro atoms. The molecule has 0 bridgehead atoms. The minimum atomic E-state index is -3.63. The summed E-state index contributed by atoms with van der Waals surface area (Å²) in [5.74, 6) is 0.669. The van der Waals surface area contributed by atoms with Gasteiger partial charge in [0.1, 0.15) is 11.6 Å². The SMILES string of the molecule is Cc1cc(Nc2ccnc(Nc3ccc(S(=O)(=O)N4CCC(N(C)CCC(=O)N(C)C)CC4)cc3)n2)ccc1F. The summed E-state index contributed by atoms with van der Waals surface area (Å²) in [4.78, 5) is 24.5. The van der Waals surface area contributed by atoms with Crippen LogP contribution in [-0.4, -0.2) is 85.2 Å². The molecule has 10 nitrogen and oxygen atoms in total. The van der Waals surface area contributed by atoms with Crippen molar-refractivity contribution in [2.45, 2.75) is 37.1 Å². The number of piperidine rings is 1. The molecular formula is C28H36FN7O3S. The summed E-state index contributed by atoms with van der Waals surface area (Å²) in [6, 6.07) is 13.2. The van der Waals surface area contributed by atoms with Crippen molar-refractivity contribution >= 4 is 39.1 Å². The fraction of sp³-hybridized carbons (Fsp3) is 0.393. The third-order valence-corrected chi connectivity index (χ3v) is 8.97. The number of benzene rings is 2. The average Bonchev–Trinajstić information content (AvgIpc) is 2.94. The second-order valence-electron chi connectivity index (χ2n) is 10.2. The summed E-state index contributed by atoms with van der Waals surface area (Å²) in [6.45, 7) is 3.20. The summed E-state index contributed by atoms with van der Waals surface area (Å²) in [6.07, 6.45) is 3.46. The van der Waals surface area contributed by atoms with E-state index in [0.717, 1.165) is 0 Å². The molecule has 1 fully saturated rings. The van der Waals surface area contributed by atoms with Gasteiger partial charge < -0.3 is 20.4 Å². The molecular weight excluding hydrogens is 533 g/mol. The molecule has 2 N–H and O–H groups in total. The largest absolute Gasteiger partial charge is 0.349 e. The Hall–Kier alpha value is -3.61. The van der Waals surface area contributed by atoms with Crippen molar-refractivity contribution in [2.24, 2.45) is 0 Å². The molecule has 1 aromatic heterocycles. The lowest BCUT2D eigenvalue weighted by Crippen LogP contribution is -2.46. The fourth-order valence-corrected chi connectivity index (χ4v) is 6.02. The molecule has 2 heterocycles. The molecule has 1 saturated heterocycles. The lowest BCUT2D eigenvalue weighted by Gasteiger charge is -2.36. The molecule has 4 rings (SSSR count). The van der Waals surface area contributed by atoms with E-state index in [1.165, 1.54) is 10.4 Å². The number of carbonyl (C=O) groups is 1. The Bertz CT molecular complexity index is 1430. The number of carbonyl (C=O) groups excluding carboxylic acids is 1. The van der Waals surface area contributed by atoms with Crippen LogP contribution in [0.5, 0.6) is 0 Å². The summed E-state index contributed by atoms with van der Waals surface area (Å²) >= 11 is 0. The van der Waals surface area contributed by atoms with Crippen LogP contribution in [0.15, 0.2) is 59.6 Å². The average molecular weight is 570 g/mol. The van der Waals surface area contributed by atoms with Gasteiger partial charge in [-0.15, -0.1) is 0 Å². The molecule has 3 aromatic rings. The number of aromatic nitrogens is 2. The van der Waals surface area contributed by atoms with E-state index in [9.17, 15) is 17.6 Å². The van der Waals surface area contributed by atoms with Crippen LogP contribution in [-0.2, 0) is 14.8 Å². The number of hydrogen-bond acceptors (Lipinski definition) is 8. The van der Waals surface area contributed by atoms with E-state index in [1.54, 1.807) is 74.6 Å². The van der Waals surface area contributed by atoms with Gasteiger partial charge in [-0.25, -0.2) is 17.8 Å². The monoisotopic (exact) mass is 569 g/mol. The van der Waals surface area contributed by atoms with Gasteiger partial charge in [0.2, 0.25) is 21.9 Å². The number of nitrogens with zero attached hydrogens (tertiary/aromatic N) is 5. The topological polar surface area (TPSA) is 111 Å². The molecule has 1 aliphatic rings. The van der Waals surface area contributed by atoms with Gasteiger partial charge in [-0.2, -0.15) is 9.29 Å². The highest BCUT2D eigenvalue weighted by atomic mass is 32.2. The zero-order valence-corrected chi connectivity index (χ0v) is 24.1. The maximum absolute atomic E-state index is 13.5. The number of anilines is 4. The van der Waals surface area contributed by atoms with Gasteiger partial charge in [-0.05, 0) is 80.9 Å². The normalized spacial score (nSPS) is 14.8. The smallest absolute Gasteiger partial charge is 0.243 e. The maximum Gasteiger partial charge on any atom is 0.243 e. The molecule has 0 aliphatic carbocycles. The number of hydrogen-bond donors (Lipinski definition) is 2. The van der Waals surface area contributed by atoms with Gasteiger partial charge in [-0.1, -0.05) is 0 Å². The van der Waals surface area contributed by atoms with Crippen LogP contribution in [0.1, 0.15) is 24.8 Å². The Morgan fingerprint density at radius 3 is 2.35 bits per heavy atom. The first kappa shape index (κ1) is 29.4. The minimum absolute atomic E-state index is 0.0841. The quantitative estimate of drug-likeness (QED) is 0.377. The van der Waals surface area contributed by atoms with Crippen molar-refractivity contribution in [3.63, 3.8) is 0 Å². The standard InChI is InChI=1S/C28H36FN7O3S/c1-20-19-22(7-10-25(20)29)31-26-11-15-30-28(33-26)32-21-5-8-24(9-6-21)40(38,39)36-17-12-23(13-18-36)35(4)16-14-27(37)34(2)3/h5-11,15,19,23H,12-14,16-18H2,1-4H3,(H2,30,31,32,33). The number of rotatable bonds is 10. The summed E-state index contributed by atoms with van der Waals surface area (Å²) < 4.78 is 41.6. The van der Waals surface area contributed by atoms with Crippen LogP contribution in [0.3, 0.4) is 0 Å². The summed E-state index contributed by atoms with van der Waals surface area (Å²) in [5.41, 5.74) is 1.87. The highest BCUT2D eigenvalue weighted by Crippen LogP contribution is 2.25. The van der Waals surface area contributed by atoms with Gasteiger partial charge in [0.25, 0.3) is 0 Å². The molecule has 0 atom stereocenters. The maximum atomic E-state index is 13.5. The van der Waals surface area contributed by atoms with Gasteiger partial charge in [0, 0.05) is 63.8 Å². The molecule has 2 aromatic carbocycles. The number of aryl methyl sites for hydroxylation is 1. The molecule has 40 heavy (non-hydrogen) atoms. The first-order valence-corrected chi connectivity index (χ1v) is 14.6. The molecule has 12 heteroatoms. The van der Waals surface area contributed by atoms with E-state index < -0.39 is 10.0 Å². The fourth-order valence-electron chi connectivity index (χ4n) is 4.55. The molecule has 0 unspecified atom stereocenters. The van der Waals surface area contributed by atoms with Gasteiger partial charge in [-0.3, -0.25) is 4.79 Å². The van der Waals surface area contributed by atoms with Gasteiger partial charge in [0.05, 0.1) is 4.90 Å². The predicted molar refractivity (Wildman–Crippen MR) is 154 cm³/mol. The highest BCUT2D eigenvalue weighted by molar-refractivity contribution is 7.89. The third-order valence-electron chi connectivity index (χ3n) is 7.06. The Morgan fingerprint density at radius 2 is 1.70 bits per heavy atom. The Labute approximate surface area is 235 Å². The van der Waals surface area contributed by atoms with E-state index in [-0.39, 0.29) is 22.7 Å². The Morgan fingerprint density at radius 1 is 1.02 bits per heavy atom. The van der Waals surface area contributed by atoms with E-state index in [2.05, 4.69) is 25.5 Å². The zero-order valence-electron chi connectivity index (χ0n) is 23.3. The van der Waals surface area contributed by atoms with Gasteiger partial charge >= 0.3 is 0 Å². The van der Waals surface area contributed by atoms with E-state index in [0.29, 0.717) is 67.6 Å². The second-order valence-corrected chi connectivity index (χ2v) is 12.1. The third kappa shape index (κ3) is 7.32. The molecule has 0 saturated carbocycles. The highest BCUT2D eigenvalue weighted by Gasteiger charge is 2.31. The first-order valence-electron chi connectivity index (χ1n) is 13.2. The number of nitrogens with one attached hydrogen (secondary N) is 2. The lowest BCUT2D eigenvalue weighted by molar-refractivity contribution is -0.129. The van der Waals surface area contributed by atoms with Crippen molar-refractivity contribution in [1.29, 1.82) is 0 Å². The van der Waals surface area contributed by atoms with Crippen molar-refractivity contribution in [1.82, 2.24) is 24.1 Å². The summed E-state index contributed by atoms with van der Waals surface area (Å²) in [5, 5.41) is 6.22. The van der Waals surface area contributed by atoms with E-state index in [4.69, 9.17) is 0 Å². The number of sulfonamides is 1. The van der Waals surface area contributed by atoms with E-state index in [1.807, 2.05) is 7.05 Å². The Kier molecular flexibility index (Phi) is 9.33. The summed E-state index contributed by atoms with van der Waals surface area (Å²) in [7, 11) is 1.85. The van der Waals surface area contributed by atoms with Crippen LogP contribution in [0, 0.1) is 12.7 Å². The zero-order chi connectivity index (χ0) is 28.9. The van der Waals surface area contributed by atoms with Crippen LogP contribution in [0.25, 0.3) is 0 Å². The Balaban J connectivity index is 1.33. The second kappa shape index (κ2) is 12.7. The van der Waals surface area contributed by atoms with Crippen LogP contribution >= 0.6 is 0 Å². The van der Waals surface area contributed by atoms with Crippen molar-refractivity contribution < 1.29 is 17.6 Å². The molecule has 1 aliphatic heterocycles. The van der Waals surface area contributed by atoms with Crippen molar-refractivity contribution in [3.8, 4) is 0 Å². The minimum Gasteiger partial charge on any atom is -0.349 e. The van der Waals surface area contributed by atoms with Crippen molar-refractivity contribution in [3.05, 3.63) is 66.1 Å². The first-order chi connectivity index (χ1) is 19.0. The van der Waals surface area contributed by atoms with Crippen LogP contribution < -0.4 is 10.6 Å². The van der Waals surface area contributed by atoms with Crippen molar-refractivity contribution in [2.75, 3.05) is 51.4 Å².